The van der Waals surface area contributed by atoms with Crippen LogP contribution in [0.3, 0.4) is 0 Å². The summed E-state index contributed by atoms with van der Waals surface area (Å²) in [4.78, 5) is 25.0. The number of carboxylic acids is 1. The molecule has 19 heavy (non-hydrogen) atoms. The molecular weight excluding hydrogens is 242 g/mol. The van der Waals surface area contributed by atoms with E-state index in [0.29, 0.717) is 19.3 Å². The Morgan fingerprint density at radius 1 is 1.32 bits per heavy atom. The quantitative estimate of drug-likeness (QED) is 0.884. The van der Waals surface area contributed by atoms with Gasteiger partial charge in [-0.25, -0.2) is 0 Å². The third-order valence-electron chi connectivity index (χ3n) is 4.58. The zero-order valence-electron chi connectivity index (χ0n) is 11.0. The fourth-order valence-corrected chi connectivity index (χ4v) is 3.34. The number of benzene rings is 1. The van der Waals surface area contributed by atoms with E-state index in [4.69, 9.17) is 0 Å². The van der Waals surface area contributed by atoms with Gasteiger partial charge in [-0.3, -0.25) is 9.59 Å². The number of carbonyl (C=O) groups is 2. The highest BCUT2D eigenvalue weighted by Gasteiger charge is 2.43. The summed E-state index contributed by atoms with van der Waals surface area (Å²) in [5.41, 5.74) is 1.96. The topological polar surface area (TPSA) is 57.6 Å². The number of rotatable bonds is 2. The number of fused-ring (bicyclic) bond motifs is 1. The SMILES string of the molecule is CN1C(=O)Cc2ccc(C3(C(=O)O)CCCC3)cc21. The minimum atomic E-state index is -0.749. The van der Waals surface area contributed by atoms with Crippen molar-refractivity contribution in [2.45, 2.75) is 37.5 Å². The van der Waals surface area contributed by atoms with E-state index in [1.807, 2.05) is 18.2 Å². The molecule has 1 aliphatic heterocycles. The van der Waals surface area contributed by atoms with Crippen LogP contribution in [-0.4, -0.2) is 24.0 Å². The summed E-state index contributed by atoms with van der Waals surface area (Å²) in [6.45, 7) is 0. The normalized spacial score (nSPS) is 20.7. The van der Waals surface area contributed by atoms with Gasteiger partial charge >= 0.3 is 5.97 Å². The maximum Gasteiger partial charge on any atom is 0.314 e. The molecule has 0 saturated heterocycles. The van der Waals surface area contributed by atoms with E-state index in [2.05, 4.69) is 0 Å². The number of aliphatic carboxylic acids is 1. The molecule has 1 aromatic rings. The molecule has 1 aromatic carbocycles. The van der Waals surface area contributed by atoms with Gasteiger partial charge in [-0.2, -0.15) is 0 Å². The first-order valence-corrected chi connectivity index (χ1v) is 6.68. The lowest BCUT2D eigenvalue weighted by molar-refractivity contribution is -0.143. The molecule has 0 radical (unpaired) electrons. The molecule has 1 amide bonds. The third kappa shape index (κ3) is 1.66. The fraction of sp³-hybridized carbons (Fsp3) is 0.467. The number of hydrogen-bond acceptors (Lipinski definition) is 2. The lowest BCUT2D eigenvalue weighted by atomic mass is 9.78. The monoisotopic (exact) mass is 259 g/mol. The molecule has 0 spiro atoms. The average molecular weight is 259 g/mol. The Kier molecular flexibility index (Phi) is 2.62. The summed E-state index contributed by atoms with van der Waals surface area (Å²) < 4.78 is 0. The van der Waals surface area contributed by atoms with Crippen LogP contribution in [0.15, 0.2) is 18.2 Å². The molecule has 0 atom stereocenters. The summed E-state index contributed by atoms with van der Waals surface area (Å²) in [5, 5.41) is 9.60. The van der Waals surface area contributed by atoms with Crippen LogP contribution in [0.1, 0.15) is 36.8 Å². The Morgan fingerprint density at radius 3 is 2.63 bits per heavy atom. The molecule has 0 bridgehead atoms. The molecule has 4 heteroatoms. The lowest BCUT2D eigenvalue weighted by Gasteiger charge is -2.25. The van der Waals surface area contributed by atoms with Gasteiger partial charge in [-0.1, -0.05) is 25.0 Å². The van der Waals surface area contributed by atoms with Gasteiger partial charge in [0.05, 0.1) is 11.8 Å². The Labute approximate surface area is 112 Å². The summed E-state index contributed by atoms with van der Waals surface area (Å²) in [5.74, 6) is -0.667. The predicted molar refractivity (Wildman–Crippen MR) is 71.3 cm³/mol. The van der Waals surface area contributed by atoms with Crippen molar-refractivity contribution in [2.75, 3.05) is 11.9 Å². The van der Waals surface area contributed by atoms with E-state index in [0.717, 1.165) is 29.7 Å². The van der Waals surface area contributed by atoms with Gasteiger partial charge in [-0.15, -0.1) is 0 Å². The van der Waals surface area contributed by atoms with E-state index < -0.39 is 11.4 Å². The van der Waals surface area contributed by atoms with E-state index in [-0.39, 0.29) is 5.91 Å². The van der Waals surface area contributed by atoms with Gasteiger partial charge in [0.2, 0.25) is 5.91 Å². The van der Waals surface area contributed by atoms with Crippen molar-refractivity contribution >= 4 is 17.6 Å². The van der Waals surface area contributed by atoms with Crippen molar-refractivity contribution in [1.29, 1.82) is 0 Å². The zero-order chi connectivity index (χ0) is 13.6. The third-order valence-corrected chi connectivity index (χ3v) is 4.58. The molecule has 100 valence electrons. The van der Waals surface area contributed by atoms with Crippen molar-refractivity contribution in [3.63, 3.8) is 0 Å². The first-order valence-electron chi connectivity index (χ1n) is 6.68. The molecule has 1 fully saturated rings. The Morgan fingerprint density at radius 2 is 2.00 bits per heavy atom. The number of hydrogen-bond donors (Lipinski definition) is 1. The van der Waals surface area contributed by atoms with E-state index in [9.17, 15) is 14.7 Å². The summed E-state index contributed by atoms with van der Waals surface area (Å²) in [7, 11) is 1.75. The van der Waals surface area contributed by atoms with Crippen molar-refractivity contribution < 1.29 is 14.7 Å². The van der Waals surface area contributed by atoms with Crippen LogP contribution >= 0.6 is 0 Å². The van der Waals surface area contributed by atoms with Gasteiger partial charge < -0.3 is 10.0 Å². The molecule has 4 nitrogen and oxygen atoms in total. The highest BCUT2D eigenvalue weighted by Crippen LogP contribution is 2.43. The molecule has 1 N–H and O–H groups in total. The number of carboxylic acid groups (broad SMARTS) is 1. The van der Waals surface area contributed by atoms with Crippen molar-refractivity contribution in [1.82, 2.24) is 0 Å². The zero-order valence-corrected chi connectivity index (χ0v) is 11.0. The molecule has 0 aromatic heterocycles. The van der Waals surface area contributed by atoms with Crippen LogP contribution in [0.4, 0.5) is 5.69 Å². The number of nitrogens with zero attached hydrogens (tertiary/aromatic N) is 1. The highest BCUT2D eigenvalue weighted by molar-refractivity contribution is 6.01. The van der Waals surface area contributed by atoms with Crippen LogP contribution in [0.2, 0.25) is 0 Å². The van der Waals surface area contributed by atoms with Crippen LogP contribution in [-0.2, 0) is 21.4 Å². The van der Waals surface area contributed by atoms with Crippen LogP contribution in [0.25, 0.3) is 0 Å². The maximum atomic E-state index is 11.7. The van der Waals surface area contributed by atoms with E-state index in [1.54, 1.807) is 11.9 Å². The molecule has 1 aliphatic carbocycles. The highest BCUT2D eigenvalue weighted by atomic mass is 16.4. The van der Waals surface area contributed by atoms with Crippen LogP contribution in [0, 0.1) is 0 Å². The fourth-order valence-electron chi connectivity index (χ4n) is 3.34. The van der Waals surface area contributed by atoms with E-state index in [1.165, 1.54) is 0 Å². The smallest absolute Gasteiger partial charge is 0.314 e. The predicted octanol–water partition coefficient (Wildman–Crippen LogP) is 2.10. The second-order valence-corrected chi connectivity index (χ2v) is 5.57. The molecule has 1 saturated carbocycles. The van der Waals surface area contributed by atoms with Gasteiger partial charge in [0, 0.05) is 12.7 Å². The van der Waals surface area contributed by atoms with Crippen LogP contribution in [0.5, 0.6) is 0 Å². The lowest BCUT2D eigenvalue weighted by Crippen LogP contribution is -2.32. The number of amides is 1. The van der Waals surface area contributed by atoms with E-state index >= 15 is 0 Å². The Bertz CT molecular complexity index is 559. The minimum Gasteiger partial charge on any atom is -0.481 e. The maximum absolute atomic E-state index is 11.7. The van der Waals surface area contributed by atoms with Gasteiger partial charge in [0.25, 0.3) is 0 Å². The van der Waals surface area contributed by atoms with Crippen molar-refractivity contribution in [3.05, 3.63) is 29.3 Å². The molecule has 1 heterocycles. The molecule has 0 unspecified atom stereocenters. The van der Waals surface area contributed by atoms with Gasteiger partial charge in [-0.05, 0) is 30.0 Å². The first-order chi connectivity index (χ1) is 9.04. The van der Waals surface area contributed by atoms with Crippen molar-refractivity contribution in [3.8, 4) is 0 Å². The minimum absolute atomic E-state index is 0.0722. The first kappa shape index (κ1) is 12.2. The van der Waals surface area contributed by atoms with Crippen molar-refractivity contribution in [2.24, 2.45) is 0 Å². The summed E-state index contributed by atoms with van der Waals surface area (Å²) in [6.07, 6.45) is 3.72. The number of anilines is 1. The molecule has 2 aliphatic rings. The summed E-state index contributed by atoms with van der Waals surface area (Å²) in [6, 6.07) is 5.71. The average Bonchev–Trinajstić information content (AvgIpc) is 2.97. The molecule has 3 rings (SSSR count). The van der Waals surface area contributed by atoms with Gasteiger partial charge in [0.15, 0.2) is 0 Å². The molecular formula is C15H17NO3. The Balaban J connectivity index is 2.08. The second-order valence-electron chi connectivity index (χ2n) is 5.57. The summed E-state index contributed by atoms with van der Waals surface area (Å²) >= 11 is 0. The standard InChI is InChI=1S/C15H17NO3/c1-16-12-9-11(5-4-10(12)8-13(16)17)15(14(18)19)6-2-3-7-15/h4-5,9H,2-3,6-8H2,1H3,(H,18,19). The number of carbonyl (C=O) groups excluding carboxylic acids is 1. The Hall–Kier alpha value is -1.84. The van der Waals surface area contributed by atoms with Gasteiger partial charge in [0.1, 0.15) is 0 Å². The second kappa shape index (κ2) is 4.08. The van der Waals surface area contributed by atoms with Crippen LogP contribution < -0.4 is 4.90 Å². The largest absolute Gasteiger partial charge is 0.481 e. The number of likely N-dealkylation sites (N-methyl/N-ethyl adjacent to an activating group) is 1.